The van der Waals surface area contributed by atoms with Gasteiger partial charge in [0.25, 0.3) is 0 Å². The number of aryl methyl sites for hydroxylation is 2. The highest BCUT2D eigenvalue weighted by Crippen LogP contribution is 2.16. The van der Waals surface area contributed by atoms with E-state index in [1.807, 2.05) is 6.92 Å². The average molecular weight is 168 g/mol. The van der Waals surface area contributed by atoms with Crippen LogP contribution in [-0.4, -0.2) is 4.98 Å². The molecule has 0 fully saturated rings. The highest BCUT2D eigenvalue weighted by Gasteiger charge is 2.12. The van der Waals surface area contributed by atoms with Crippen LogP contribution in [0.3, 0.4) is 0 Å². The van der Waals surface area contributed by atoms with Crippen LogP contribution in [0.15, 0.2) is 4.42 Å². The number of oxazole rings is 1. The van der Waals surface area contributed by atoms with Crippen molar-refractivity contribution < 1.29 is 4.42 Å². The van der Waals surface area contributed by atoms with Crippen LogP contribution in [0.1, 0.15) is 44.2 Å². The lowest BCUT2D eigenvalue weighted by Gasteiger charge is -1.95. The fourth-order valence-electron chi connectivity index (χ4n) is 1.15. The maximum absolute atomic E-state index is 5.65. The third-order valence-corrected chi connectivity index (χ3v) is 1.84. The summed E-state index contributed by atoms with van der Waals surface area (Å²) >= 11 is 0. The van der Waals surface area contributed by atoms with E-state index in [9.17, 15) is 0 Å². The quantitative estimate of drug-likeness (QED) is 0.749. The van der Waals surface area contributed by atoms with Gasteiger partial charge in [0.1, 0.15) is 5.76 Å². The van der Waals surface area contributed by atoms with Crippen molar-refractivity contribution >= 4 is 0 Å². The Hall–Kier alpha value is -0.830. The van der Waals surface area contributed by atoms with E-state index in [1.165, 1.54) is 0 Å². The standard InChI is InChI=1S/C9H16N2O/c1-4-7-8(5-2)12-9(11-7)6(3)10/h6H,4-5,10H2,1-3H3. The molecule has 1 aromatic rings. The van der Waals surface area contributed by atoms with E-state index in [2.05, 4.69) is 18.8 Å². The molecule has 1 aromatic heterocycles. The van der Waals surface area contributed by atoms with E-state index in [0.29, 0.717) is 5.89 Å². The van der Waals surface area contributed by atoms with Crippen LogP contribution < -0.4 is 5.73 Å². The molecule has 1 atom stereocenters. The zero-order valence-electron chi connectivity index (χ0n) is 7.92. The van der Waals surface area contributed by atoms with Gasteiger partial charge in [-0.3, -0.25) is 0 Å². The largest absolute Gasteiger partial charge is 0.444 e. The summed E-state index contributed by atoms with van der Waals surface area (Å²) in [4.78, 5) is 4.31. The van der Waals surface area contributed by atoms with E-state index in [-0.39, 0.29) is 6.04 Å². The van der Waals surface area contributed by atoms with Gasteiger partial charge < -0.3 is 10.2 Å². The van der Waals surface area contributed by atoms with Crippen LogP contribution in [0.2, 0.25) is 0 Å². The van der Waals surface area contributed by atoms with Gasteiger partial charge in [-0.05, 0) is 13.3 Å². The van der Waals surface area contributed by atoms with Crippen LogP contribution in [0, 0.1) is 0 Å². The Morgan fingerprint density at radius 1 is 1.42 bits per heavy atom. The minimum atomic E-state index is -0.101. The molecule has 0 aliphatic rings. The molecule has 68 valence electrons. The molecule has 0 aliphatic carbocycles. The van der Waals surface area contributed by atoms with Gasteiger partial charge in [0.05, 0.1) is 11.7 Å². The topological polar surface area (TPSA) is 52.0 Å². The van der Waals surface area contributed by atoms with E-state index in [1.54, 1.807) is 0 Å². The van der Waals surface area contributed by atoms with Gasteiger partial charge in [-0.15, -0.1) is 0 Å². The molecule has 3 nitrogen and oxygen atoms in total. The lowest BCUT2D eigenvalue weighted by Crippen LogP contribution is -2.05. The first kappa shape index (κ1) is 9.26. The van der Waals surface area contributed by atoms with Gasteiger partial charge in [-0.2, -0.15) is 0 Å². The van der Waals surface area contributed by atoms with E-state index >= 15 is 0 Å². The first-order chi connectivity index (χ1) is 5.69. The van der Waals surface area contributed by atoms with Crippen LogP contribution in [0.25, 0.3) is 0 Å². The SMILES string of the molecule is CCc1nc(C(C)N)oc1CC. The maximum atomic E-state index is 5.65. The highest BCUT2D eigenvalue weighted by molar-refractivity contribution is 5.10. The molecule has 1 unspecified atom stereocenters. The molecule has 0 bridgehead atoms. The molecule has 1 heterocycles. The molecule has 0 radical (unpaired) electrons. The van der Waals surface area contributed by atoms with Crippen LogP contribution >= 0.6 is 0 Å². The molecule has 3 heteroatoms. The van der Waals surface area contributed by atoms with Crippen molar-refractivity contribution in [1.82, 2.24) is 4.98 Å². The molecule has 0 amide bonds. The highest BCUT2D eigenvalue weighted by atomic mass is 16.4. The fraction of sp³-hybridized carbons (Fsp3) is 0.667. The predicted molar refractivity (Wildman–Crippen MR) is 47.9 cm³/mol. The van der Waals surface area contributed by atoms with E-state index in [0.717, 1.165) is 24.3 Å². The Labute approximate surface area is 73.0 Å². The minimum Gasteiger partial charge on any atom is -0.444 e. The number of hydrogen-bond acceptors (Lipinski definition) is 3. The first-order valence-electron chi connectivity index (χ1n) is 4.43. The van der Waals surface area contributed by atoms with Gasteiger partial charge in [0.2, 0.25) is 5.89 Å². The predicted octanol–water partition coefficient (Wildman–Crippen LogP) is 1.82. The Morgan fingerprint density at radius 3 is 2.42 bits per heavy atom. The summed E-state index contributed by atoms with van der Waals surface area (Å²) in [7, 11) is 0. The number of hydrogen-bond donors (Lipinski definition) is 1. The summed E-state index contributed by atoms with van der Waals surface area (Å²) in [6.07, 6.45) is 1.81. The lowest BCUT2D eigenvalue weighted by atomic mass is 10.2. The summed E-state index contributed by atoms with van der Waals surface area (Å²) in [5.74, 6) is 1.63. The molecule has 0 saturated carbocycles. The summed E-state index contributed by atoms with van der Waals surface area (Å²) in [6.45, 7) is 6.01. The van der Waals surface area contributed by atoms with E-state index in [4.69, 9.17) is 10.2 Å². The van der Waals surface area contributed by atoms with Gasteiger partial charge >= 0.3 is 0 Å². The summed E-state index contributed by atoms with van der Waals surface area (Å²) in [6, 6.07) is -0.101. The van der Waals surface area contributed by atoms with Crippen molar-refractivity contribution in [2.45, 2.75) is 39.7 Å². The normalized spacial score (nSPS) is 13.3. The molecule has 0 aliphatic heterocycles. The summed E-state index contributed by atoms with van der Waals surface area (Å²) in [5, 5.41) is 0. The molecular weight excluding hydrogens is 152 g/mol. The second-order valence-corrected chi connectivity index (χ2v) is 2.92. The van der Waals surface area contributed by atoms with Crippen molar-refractivity contribution in [1.29, 1.82) is 0 Å². The number of nitrogens with zero attached hydrogens (tertiary/aromatic N) is 1. The van der Waals surface area contributed by atoms with Crippen molar-refractivity contribution in [3.63, 3.8) is 0 Å². The molecule has 1 rings (SSSR count). The van der Waals surface area contributed by atoms with Gasteiger partial charge in [-0.1, -0.05) is 13.8 Å². The Kier molecular flexibility index (Phi) is 2.87. The first-order valence-corrected chi connectivity index (χ1v) is 4.43. The van der Waals surface area contributed by atoms with E-state index < -0.39 is 0 Å². The molecule has 0 aromatic carbocycles. The Balaban J connectivity index is 2.97. The van der Waals surface area contributed by atoms with Gasteiger partial charge in [-0.25, -0.2) is 4.98 Å². The molecule has 0 saturated heterocycles. The monoisotopic (exact) mass is 168 g/mol. The van der Waals surface area contributed by atoms with Crippen molar-refractivity contribution in [3.8, 4) is 0 Å². The molecule has 0 spiro atoms. The second-order valence-electron chi connectivity index (χ2n) is 2.92. The second kappa shape index (κ2) is 3.72. The fourth-order valence-corrected chi connectivity index (χ4v) is 1.15. The van der Waals surface area contributed by atoms with Crippen LogP contribution in [0.5, 0.6) is 0 Å². The van der Waals surface area contributed by atoms with Gasteiger partial charge in [0, 0.05) is 6.42 Å². The minimum absolute atomic E-state index is 0.101. The Bertz CT molecular complexity index is 232. The zero-order valence-corrected chi connectivity index (χ0v) is 7.92. The zero-order chi connectivity index (χ0) is 9.14. The molecule has 2 N–H and O–H groups in total. The number of nitrogens with two attached hydrogens (primary N) is 1. The summed E-state index contributed by atoms with van der Waals surface area (Å²) in [5.41, 5.74) is 6.70. The number of rotatable bonds is 3. The Morgan fingerprint density at radius 2 is 2.08 bits per heavy atom. The maximum Gasteiger partial charge on any atom is 0.211 e. The van der Waals surface area contributed by atoms with Crippen LogP contribution in [-0.2, 0) is 12.8 Å². The third-order valence-electron chi connectivity index (χ3n) is 1.84. The molecule has 12 heavy (non-hydrogen) atoms. The molecular formula is C9H16N2O. The smallest absolute Gasteiger partial charge is 0.211 e. The third kappa shape index (κ3) is 1.67. The lowest BCUT2D eigenvalue weighted by molar-refractivity contribution is 0.433. The van der Waals surface area contributed by atoms with Crippen molar-refractivity contribution in [2.75, 3.05) is 0 Å². The van der Waals surface area contributed by atoms with Crippen LogP contribution in [0.4, 0.5) is 0 Å². The number of aromatic nitrogens is 1. The average Bonchev–Trinajstić information content (AvgIpc) is 2.46. The van der Waals surface area contributed by atoms with Crippen molar-refractivity contribution in [2.24, 2.45) is 5.73 Å². The van der Waals surface area contributed by atoms with Gasteiger partial charge in [0.15, 0.2) is 0 Å². The summed E-state index contributed by atoms with van der Waals surface area (Å²) < 4.78 is 5.48. The van der Waals surface area contributed by atoms with Crippen molar-refractivity contribution in [3.05, 3.63) is 17.3 Å².